The summed E-state index contributed by atoms with van der Waals surface area (Å²) in [6.07, 6.45) is 0. The molecule has 0 bridgehead atoms. The molecule has 0 aliphatic carbocycles. The molecular weight excluding hydrogens is 382 g/mol. The van der Waals surface area contributed by atoms with Crippen LogP contribution in [0.4, 0.5) is 0 Å². The lowest BCUT2D eigenvalue weighted by Crippen LogP contribution is -2.30. The average Bonchev–Trinajstić information content (AvgIpc) is 2.71. The molecule has 0 aromatic heterocycles. The monoisotopic (exact) mass is 415 g/mol. The number of ether oxygens (including phenoxy) is 4. The molecule has 0 aliphatic heterocycles. The highest BCUT2D eigenvalue weighted by atomic mass is 16.7. The summed E-state index contributed by atoms with van der Waals surface area (Å²) < 4.78 is 21.9. The van der Waals surface area contributed by atoms with Gasteiger partial charge in [0.1, 0.15) is 24.9 Å². The van der Waals surface area contributed by atoms with Crippen molar-refractivity contribution in [1.29, 1.82) is 0 Å². The van der Waals surface area contributed by atoms with Crippen molar-refractivity contribution in [3.8, 4) is 11.5 Å². The van der Waals surface area contributed by atoms with Crippen molar-refractivity contribution in [2.24, 2.45) is 0 Å². The zero-order chi connectivity index (χ0) is 22.1. The van der Waals surface area contributed by atoms with Crippen molar-refractivity contribution in [3.63, 3.8) is 0 Å². The summed E-state index contributed by atoms with van der Waals surface area (Å²) in [5, 5.41) is 2.97. The van der Waals surface area contributed by atoms with Crippen LogP contribution in [0.3, 0.4) is 0 Å². The van der Waals surface area contributed by atoms with E-state index in [-0.39, 0.29) is 30.8 Å². The molecule has 0 unspecified atom stereocenters. The summed E-state index contributed by atoms with van der Waals surface area (Å²) in [6, 6.07) is 13.5. The van der Waals surface area contributed by atoms with E-state index < -0.39 is 0 Å². The lowest BCUT2D eigenvalue weighted by Gasteiger charge is -2.25. The van der Waals surface area contributed by atoms with E-state index in [9.17, 15) is 4.79 Å². The second kappa shape index (κ2) is 11.0. The minimum atomic E-state index is -0.356. The quantitative estimate of drug-likeness (QED) is 0.461. The number of benzene rings is 2. The van der Waals surface area contributed by atoms with Crippen LogP contribution in [0.15, 0.2) is 42.5 Å². The third-order valence-corrected chi connectivity index (χ3v) is 4.67. The van der Waals surface area contributed by atoms with Crippen molar-refractivity contribution in [2.45, 2.75) is 45.8 Å². The first kappa shape index (κ1) is 23.7. The fourth-order valence-electron chi connectivity index (χ4n) is 3.01. The summed E-state index contributed by atoms with van der Waals surface area (Å²) in [5.74, 6) is 1.37. The summed E-state index contributed by atoms with van der Waals surface area (Å²) in [4.78, 5) is 11.8. The lowest BCUT2D eigenvalue weighted by atomic mass is 9.85. The molecule has 2 aromatic carbocycles. The van der Waals surface area contributed by atoms with Gasteiger partial charge in [-0.15, -0.1) is 0 Å². The molecule has 0 saturated heterocycles. The minimum Gasteiger partial charge on any atom is -0.497 e. The zero-order valence-electron chi connectivity index (χ0n) is 18.8. The van der Waals surface area contributed by atoms with E-state index in [1.807, 2.05) is 30.3 Å². The predicted molar refractivity (Wildman–Crippen MR) is 117 cm³/mol. The fraction of sp³-hybridized carbons (Fsp3) is 0.458. The Morgan fingerprint density at radius 1 is 1.07 bits per heavy atom. The van der Waals surface area contributed by atoms with Crippen LogP contribution < -0.4 is 14.8 Å². The Hall–Kier alpha value is -2.57. The molecule has 2 aromatic rings. The molecule has 0 radical (unpaired) electrons. The lowest BCUT2D eigenvalue weighted by molar-refractivity contribution is -0.120. The topological polar surface area (TPSA) is 66.0 Å². The van der Waals surface area contributed by atoms with Crippen molar-refractivity contribution < 1.29 is 23.7 Å². The SMILES string of the molecule is COCOC[C@@H](NC(C)=O)c1cc(C(C)(C)C)ccc1OCc1ccc(OC)cc1. The summed E-state index contributed by atoms with van der Waals surface area (Å²) in [5.41, 5.74) is 3.00. The van der Waals surface area contributed by atoms with Gasteiger partial charge >= 0.3 is 0 Å². The van der Waals surface area contributed by atoms with Gasteiger partial charge in [-0.05, 0) is 40.8 Å². The Morgan fingerprint density at radius 3 is 2.33 bits per heavy atom. The number of amides is 1. The summed E-state index contributed by atoms with van der Waals surface area (Å²) >= 11 is 0. The van der Waals surface area contributed by atoms with Gasteiger partial charge in [0, 0.05) is 19.6 Å². The van der Waals surface area contributed by atoms with Crippen LogP contribution in [-0.4, -0.2) is 33.5 Å². The van der Waals surface area contributed by atoms with Gasteiger partial charge in [-0.2, -0.15) is 0 Å². The van der Waals surface area contributed by atoms with E-state index in [2.05, 4.69) is 38.2 Å². The molecule has 1 atom stereocenters. The van der Waals surface area contributed by atoms with Crippen molar-refractivity contribution >= 4 is 5.91 Å². The molecule has 6 heteroatoms. The first-order valence-corrected chi connectivity index (χ1v) is 9.98. The smallest absolute Gasteiger partial charge is 0.217 e. The van der Waals surface area contributed by atoms with Gasteiger partial charge in [0.15, 0.2) is 0 Å². The van der Waals surface area contributed by atoms with Gasteiger partial charge in [-0.25, -0.2) is 0 Å². The van der Waals surface area contributed by atoms with Crippen molar-refractivity contribution in [3.05, 3.63) is 59.2 Å². The Kier molecular flexibility index (Phi) is 8.69. The van der Waals surface area contributed by atoms with Crippen LogP contribution in [0.1, 0.15) is 50.4 Å². The molecule has 164 valence electrons. The largest absolute Gasteiger partial charge is 0.497 e. The first-order valence-electron chi connectivity index (χ1n) is 9.98. The average molecular weight is 416 g/mol. The van der Waals surface area contributed by atoms with E-state index >= 15 is 0 Å². The molecule has 0 heterocycles. The molecule has 0 spiro atoms. The Bertz CT molecular complexity index is 811. The van der Waals surface area contributed by atoms with Gasteiger partial charge in [-0.3, -0.25) is 4.79 Å². The maximum Gasteiger partial charge on any atom is 0.217 e. The maximum atomic E-state index is 11.8. The molecule has 0 fully saturated rings. The summed E-state index contributed by atoms with van der Waals surface area (Å²) in [6.45, 7) is 8.78. The fourth-order valence-corrected chi connectivity index (χ4v) is 3.01. The number of nitrogens with one attached hydrogen (secondary N) is 1. The normalized spacial score (nSPS) is 12.3. The van der Waals surface area contributed by atoms with Crippen LogP contribution >= 0.6 is 0 Å². The molecule has 1 N–H and O–H groups in total. The number of hydrogen-bond acceptors (Lipinski definition) is 5. The van der Waals surface area contributed by atoms with E-state index in [4.69, 9.17) is 18.9 Å². The van der Waals surface area contributed by atoms with Crippen LogP contribution in [0.25, 0.3) is 0 Å². The van der Waals surface area contributed by atoms with Crippen LogP contribution in [0, 0.1) is 0 Å². The van der Waals surface area contributed by atoms with Crippen molar-refractivity contribution in [1.82, 2.24) is 5.32 Å². The van der Waals surface area contributed by atoms with Gasteiger partial charge in [0.05, 0.1) is 19.8 Å². The highest BCUT2D eigenvalue weighted by Gasteiger charge is 2.22. The van der Waals surface area contributed by atoms with Crippen molar-refractivity contribution in [2.75, 3.05) is 27.6 Å². The van der Waals surface area contributed by atoms with E-state index in [1.165, 1.54) is 6.92 Å². The Balaban J connectivity index is 2.32. The molecule has 2 rings (SSSR count). The molecule has 0 aliphatic rings. The maximum absolute atomic E-state index is 11.8. The minimum absolute atomic E-state index is 0.0442. The predicted octanol–water partition coefficient (Wildman–Crippen LogP) is 4.37. The van der Waals surface area contributed by atoms with Gasteiger partial charge in [0.2, 0.25) is 5.91 Å². The first-order chi connectivity index (χ1) is 14.2. The second-order valence-electron chi connectivity index (χ2n) is 8.17. The second-order valence-corrected chi connectivity index (χ2v) is 8.17. The number of hydrogen-bond donors (Lipinski definition) is 1. The van der Waals surface area contributed by atoms with Gasteiger partial charge in [0.25, 0.3) is 0 Å². The molecule has 1 amide bonds. The Morgan fingerprint density at radius 2 is 1.77 bits per heavy atom. The molecule has 30 heavy (non-hydrogen) atoms. The molecule has 6 nitrogen and oxygen atoms in total. The molecule has 0 saturated carbocycles. The number of rotatable bonds is 10. The number of carbonyl (C=O) groups excluding carboxylic acids is 1. The van der Waals surface area contributed by atoms with Crippen LogP contribution in [-0.2, 0) is 26.3 Å². The van der Waals surface area contributed by atoms with Gasteiger partial charge in [-0.1, -0.05) is 39.0 Å². The van der Waals surface area contributed by atoms with Crippen LogP contribution in [0.2, 0.25) is 0 Å². The third-order valence-electron chi connectivity index (χ3n) is 4.67. The Labute approximate surface area is 179 Å². The number of carbonyl (C=O) groups is 1. The number of methoxy groups -OCH3 is 2. The van der Waals surface area contributed by atoms with Gasteiger partial charge < -0.3 is 24.3 Å². The van der Waals surface area contributed by atoms with E-state index in [0.29, 0.717) is 12.4 Å². The zero-order valence-corrected chi connectivity index (χ0v) is 18.8. The van der Waals surface area contributed by atoms with Crippen LogP contribution in [0.5, 0.6) is 11.5 Å². The molecular formula is C24H33NO5. The standard InChI is InChI=1S/C24H33NO5/c1-17(26)25-22(15-29-16-27-5)21-13-19(24(2,3)4)9-12-23(21)30-14-18-7-10-20(28-6)11-8-18/h7-13,22H,14-16H2,1-6H3,(H,25,26)/t22-/m1/s1. The highest BCUT2D eigenvalue weighted by molar-refractivity contribution is 5.73. The highest BCUT2D eigenvalue weighted by Crippen LogP contribution is 2.32. The van der Waals surface area contributed by atoms with E-state index in [0.717, 1.165) is 22.4 Å². The summed E-state index contributed by atoms with van der Waals surface area (Å²) in [7, 11) is 3.21. The van der Waals surface area contributed by atoms with E-state index in [1.54, 1.807) is 14.2 Å². The third kappa shape index (κ3) is 7.04.